The van der Waals surface area contributed by atoms with Crippen molar-refractivity contribution in [2.75, 3.05) is 30.7 Å². The van der Waals surface area contributed by atoms with Crippen LogP contribution in [0.5, 0.6) is 0 Å². The molecule has 0 unspecified atom stereocenters. The predicted molar refractivity (Wildman–Crippen MR) is 117 cm³/mol. The van der Waals surface area contributed by atoms with Crippen molar-refractivity contribution >= 4 is 28.4 Å². The van der Waals surface area contributed by atoms with E-state index in [4.69, 9.17) is 5.73 Å². The van der Waals surface area contributed by atoms with Crippen molar-refractivity contribution in [1.29, 1.82) is 0 Å². The third-order valence-electron chi connectivity index (χ3n) is 5.80. The third kappa shape index (κ3) is 4.44. The van der Waals surface area contributed by atoms with Crippen LogP contribution in [0.1, 0.15) is 12.8 Å². The van der Waals surface area contributed by atoms with Crippen molar-refractivity contribution in [3.05, 3.63) is 24.4 Å². The first-order valence-electron chi connectivity index (χ1n) is 10.8. The molecular formula is C20H22F4N10. The molecule has 4 aromatic heterocycles. The van der Waals surface area contributed by atoms with Gasteiger partial charge in [0.2, 0.25) is 5.95 Å². The monoisotopic (exact) mass is 478 g/mol. The fourth-order valence-electron chi connectivity index (χ4n) is 4.21. The Morgan fingerprint density at radius 2 is 1.79 bits per heavy atom. The van der Waals surface area contributed by atoms with Gasteiger partial charge in [-0.3, -0.25) is 4.90 Å². The second-order valence-electron chi connectivity index (χ2n) is 8.16. The first-order valence-corrected chi connectivity index (χ1v) is 10.8. The number of hydrogen-bond donors (Lipinski definition) is 2. The summed E-state index contributed by atoms with van der Waals surface area (Å²) >= 11 is 0. The van der Waals surface area contributed by atoms with Gasteiger partial charge in [0.15, 0.2) is 11.5 Å². The number of rotatable bonds is 7. The van der Waals surface area contributed by atoms with Crippen LogP contribution in [0, 0.1) is 0 Å². The molecule has 4 aromatic rings. The molecule has 10 nitrogen and oxygen atoms in total. The van der Waals surface area contributed by atoms with Gasteiger partial charge in [0, 0.05) is 30.9 Å². The fraction of sp³-hybridized carbons (Fsp3) is 0.450. The lowest BCUT2D eigenvalue weighted by atomic mass is 10.1. The molecule has 5 rings (SSSR count). The molecular weight excluding hydrogens is 456 g/mol. The van der Waals surface area contributed by atoms with Gasteiger partial charge in [0.1, 0.15) is 17.6 Å². The van der Waals surface area contributed by atoms with Crippen molar-refractivity contribution < 1.29 is 17.6 Å². The van der Waals surface area contributed by atoms with E-state index in [0.717, 1.165) is 4.68 Å². The molecule has 0 spiro atoms. The normalized spacial score (nSPS) is 15.8. The summed E-state index contributed by atoms with van der Waals surface area (Å²) in [7, 11) is 0. The van der Waals surface area contributed by atoms with Gasteiger partial charge in [-0.2, -0.15) is 4.98 Å². The molecule has 180 valence electrons. The Bertz CT molecular complexity index is 1300. The van der Waals surface area contributed by atoms with Gasteiger partial charge in [0.25, 0.3) is 12.9 Å². The number of nitrogens with one attached hydrogen (secondary N) is 1. The van der Waals surface area contributed by atoms with Crippen LogP contribution in [-0.2, 0) is 6.54 Å². The molecule has 1 aliphatic heterocycles. The SMILES string of the molecule is Nc1nc(NC2CCN(CC(F)F)CC2)nn2ccc(-c3ccc4nnn(CC(F)F)c4n3)c12. The summed E-state index contributed by atoms with van der Waals surface area (Å²) < 4.78 is 53.5. The number of alkyl halides is 4. The van der Waals surface area contributed by atoms with Crippen molar-refractivity contribution in [2.24, 2.45) is 0 Å². The maximum atomic E-state index is 12.8. The standard InChI is InChI=1S/C20H22F4N10/c21-15(22)9-32-6-3-11(4-7-32)26-20-28-18(25)17-12(5-8-33(17)30-20)13-1-2-14-19(27-13)34(31-29-14)10-16(23)24/h1-2,5,8,11,15-16H,3-4,6-7,9-10H2,(H3,25,26,28,30). The molecule has 34 heavy (non-hydrogen) atoms. The highest BCUT2D eigenvalue weighted by Gasteiger charge is 2.23. The number of halogens is 4. The highest BCUT2D eigenvalue weighted by molar-refractivity contribution is 5.88. The van der Waals surface area contributed by atoms with Gasteiger partial charge >= 0.3 is 0 Å². The summed E-state index contributed by atoms with van der Waals surface area (Å²) in [5.41, 5.74) is 8.55. The minimum atomic E-state index is -2.59. The summed E-state index contributed by atoms with van der Waals surface area (Å²) in [6, 6.07) is 5.18. The maximum absolute atomic E-state index is 12.8. The van der Waals surface area contributed by atoms with Crippen LogP contribution < -0.4 is 11.1 Å². The number of anilines is 2. The highest BCUT2D eigenvalue weighted by atomic mass is 19.3. The number of hydrogen-bond acceptors (Lipinski definition) is 8. The molecule has 0 amide bonds. The summed E-state index contributed by atoms with van der Waals surface area (Å²) in [5.74, 6) is 0.552. The van der Waals surface area contributed by atoms with E-state index in [1.807, 2.05) is 0 Å². The Morgan fingerprint density at radius 1 is 1.03 bits per heavy atom. The van der Waals surface area contributed by atoms with Gasteiger partial charge < -0.3 is 11.1 Å². The molecule has 0 saturated carbocycles. The summed E-state index contributed by atoms with van der Waals surface area (Å²) in [6.45, 7) is 0.314. The summed E-state index contributed by atoms with van der Waals surface area (Å²) in [4.78, 5) is 10.6. The minimum Gasteiger partial charge on any atom is -0.382 e. The lowest BCUT2D eigenvalue weighted by Gasteiger charge is -2.31. The van der Waals surface area contributed by atoms with E-state index in [1.165, 1.54) is 0 Å². The zero-order valence-electron chi connectivity index (χ0n) is 18.0. The average Bonchev–Trinajstić information content (AvgIpc) is 3.39. The Hall–Kier alpha value is -3.55. The van der Waals surface area contributed by atoms with Crippen LogP contribution in [0.2, 0.25) is 0 Å². The Kier molecular flexibility index (Phi) is 5.89. The number of nitrogens with zero attached hydrogens (tertiary/aromatic N) is 8. The van der Waals surface area contributed by atoms with Crippen molar-refractivity contribution in [3.63, 3.8) is 0 Å². The van der Waals surface area contributed by atoms with Crippen LogP contribution in [0.3, 0.4) is 0 Å². The molecule has 0 aliphatic carbocycles. The lowest BCUT2D eigenvalue weighted by molar-refractivity contribution is 0.0769. The molecule has 3 N–H and O–H groups in total. The number of nitrogens with two attached hydrogens (primary N) is 1. The van der Waals surface area contributed by atoms with E-state index < -0.39 is 19.4 Å². The van der Waals surface area contributed by atoms with E-state index in [2.05, 4.69) is 30.7 Å². The zero-order chi connectivity index (χ0) is 23.8. The van der Waals surface area contributed by atoms with Crippen LogP contribution in [-0.4, -0.2) is 78.0 Å². The van der Waals surface area contributed by atoms with Gasteiger partial charge in [0.05, 0.1) is 12.2 Å². The van der Waals surface area contributed by atoms with Crippen LogP contribution in [0.15, 0.2) is 24.4 Å². The van der Waals surface area contributed by atoms with Gasteiger partial charge in [-0.1, -0.05) is 5.21 Å². The molecule has 14 heteroatoms. The highest BCUT2D eigenvalue weighted by Crippen LogP contribution is 2.29. The molecule has 0 radical (unpaired) electrons. The Labute approximate surface area is 190 Å². The van der Waals surface area contributed by atoms with Gasteiger partial charge in [-0.15, -0.1) is 10.2 Å². The molecule has 0 aromatic carbocycles. The zero-order valence-corrected chi connectivity index (χ0v) is 18.0. The third-order valence-corrected chi connectivity index (χ3v) is 5.80. The molecule has 0 atom stereocenters. The number of fused-ring (bicyclic) bond motifs is 2. The molecule has 1 aliphatic rings. The number of aromatic nitrogens is 7. The van der Waals surface area contributed by atoms with E-state index in [1.54, 1.807) is 33.8 Å². The minimum absolute atomic E-state index is 0.0486. The Morgan fingerprint density at radius 3 is 2.53 bits per heavy atom. The summed E-state index contributed by atoms with van der Waals surface area (Å²) in [6.07, 6.45) is -1.84. The number of piperidine rings is 1. The van der Waals surface area contributed by atoms with E-state index in [9.17, 15) is 17.6 Å². The van der Waals surface area contributed by atoms with Crippen molar-refractivity contribution in [1.82, 2.24) is 39.5 Å². The smallest absolute Gasteiger partial charge is 0.258 e. The average molecular weight is 478 g/mol. The first kappa shape index (κ1) is 22.3. The van der Waals surface area contributed by atoms with Crippen LogP contribution in [0.25, 0.3) is 27.9 Å². The predicted octanol–water partition coefficient (Wildman–Crippen LogP) is 2.52. The largest absolute Gasteiger partial charge is 0.382 e. The summed E-state index contributed by atoms with van der Waals surface area (Å²) in [5, 5.41) is 15.3. The van der Waals surface area contributed by atoms with Gasteiger partial charge in [-0.25, -0.2) is 31.7 Å². The number of pyridine rings is 1. The molecule has 1 saturated heterocycles. The van der Waals surface area contributed by atoms with E-state index >= 15 is 0 Å². The second kappa shape index (κ2) is 9.00. The lowest BCUT2D eigenvalue weighted by Crippen LogP contribution is -2.41. The van der Waals surface area contributed by atoms with E-state index in [0.29, 0.717) is 54.2 Å². The van der Waals surface area contributed by atoms with Gasteiger partial charge in [-0.05, 0) is 31.0 Å². The number of nitrogen functional groups attached to an aromatic ring is 1. The maximum Gasteiger partial charge on any atom is 0.258 e. The van der Waals surface area contributed by atoms with Crippen molar-refractivity contribution in [3.8, 4) is 11.3 Å². The second-order valence-corrected chi connectivity index (χ2v) is 8.16. The molecule has 1 fully saturated rings. The quantitative estimate of drug-likeness (QED) is 0.390. The van der Waals surface area contributed by atoms with Crippen molar-refractivity contribution in [2.45, 2.75) is 38.3 Å². The fourth-order valence-corrected chi connectivity index (χ4v) is 4.21. The number of likely N-dealkylation sites (tertiary alicyclic amines) is 1. The van der Waals surface area contributed by atoms with E-state index in [-0.39, 0.29) is 24.1 Å². The van der Waals surface area contributed by atoms with Crippen LogP contribution in [0.4, 0.5) is 29.3 Å². The topological polar surface area (TPSA) is 115 Å². The Balaban J connectivity index is 1.38. The molecule has 5 heterocycles. The molecule has 0 bridgehead atoms. The first-order chi connectivity index (χ1) is 16.4. The van der Waals surface area contributed by atoms with Crippen LogP contribution >= 0.6 is 0 Å².